The van der Waals surface area contributed by atoms with Crippen molar-refractivity contribution in [3.8, 4) is 5.75 Å². The van der Waals surface area contributed by atoms with Gasteiger partial charge in [0.15, 0.2) is 5.78 Å². The van der Waals surface area contributed by atoms with E-state index in [0.29, 0.717) is 41.3 Å². The van der Waals surface area contributed by atoms with Crippen LogP contribution in [0.4, 0.5) is 0 Å². The highest BCUT2D eigenvalue weighted by Gasteiger charge is 2.41. The van der Waals surface area contributed by atoms with Gasteiger partial charge in [0.2, 0.25) is 0 Å². The molecule has 1 heterocycles. The highest BCUT2D eigenvalue weighted by molar-refractivity contribution is 7.99. The Morgan fingerprint density at radius 2 is 1.89 bits per heavy atom. The van der Waals surface area contributed by atoms with E-state index in [2.05, 4.69) is 12.2 Å². The quantitative estimate of drug-likeness (QED) is 0.346. The van der Waals surface area contributed by atoms with Gasteiger partial charge in [-0.15, -0.1) is 0 Å². The number of allylic oxidation sites excluding steroid dienone is 3. The maximum atomic E-state index is 13.7. The summed E-state index contributed by atoms with van der Waals surface area (Å²) in [4.78, 5) is 27.0. The molecule has 184 valence electrons. The lowest BCUT2D eigenvalue weighted by Gasteiger charge is -2.37. The molecule has 0 unspecified atom stereocenters. The van der Waals surface area contributed by atoms with E-state index >= 15 is 0 Å². The smallest absolute Gasteiger partial charge is 0.336 e. The van der Waals surface area contributed by atoms with Gasteiger partial charge in [0, 0.05) is 46.0 Å². The third kappa shape index (κ3) is 5.44. The van der Waals surface area contributed by atoms with Gasteiger partial charge < -0.3 is 14.8 Å². The summed E-state index contributed by atoms with van der Waals surface area (Å²) in [7, 11) is 1.65. The fraction of sp³-hybridized carbons (Fsp3) is 0.357. The first-order chi connectivity index (χ1) is 16.9. The predicted molar refractivity (Wildman–Crippen MR) is 141 cm³/mol. The maximum absolute atomic E-state index is 13.7. The van der Waals surface area contributed by atoms with Crippen molar-refractivity contribution in [2.24, 2.45) is 0 Å². The highest BCUT2D eigenvalue weighted by Crippen LogP contribution is 2.47. The minimum atomic E-state index is -0.499. The average Bonchev–Trinajstić information content (AvgIpc) is 2.86. The number of ketones is 1. The van der Waals surface area contributed by atoms with Gasteiger partial charge in [0.25, 0.3) is 0 Å². The Morgan fingerprint density at radius 1 is 1.14 bits per heavy atom. The van der Waals surface area contributed by atoms with E-state index in [1.54, 1.807) is 31.0 Å². The number of hydrogen-bond acceptors (Lipinski definition) is 6. The molecule has 0 fully saturated rings. The van der Waals surface area contributed by atoms with E-state index in [4.69, 9.17) is 21.1 Å². The molecular formula is C28H30ClNO4S. The predicted octanol–water partition coefficient (Wildman–Crippen LogP) is 6.01. The number of benzene rings is 2. The van der Waals surface area contributed by atoms with Crippen molar-refractivity contribution >= 4 is 35.1 Å². The van der Waals surface area contributed by atoms with E-state index in [0.717, 1.165) is 34.1 Å². The van der Waals surface area contributed by atoms with Crippen molar-refractivity contribution in [2.45, 2.75) is 38.5 Å². The van der Waals surface area contributed by atoms with Crippen molar-refractivity contribution in [1.29, 1.82) is 0 Å². The van der Waals surface area contributed by atoms with Crippen molar-refractivity contribution in [3.05, 3.63) is 87.2 Å². The molecule has 4 rings (SSSR count). The minimum Gasteiger partial charge on any atom is -0.496 e. The molecule has 2 aromatic rings. The first kappa shape index (κ1) is 25.4. The maximum Gasteiger partial charge on any atom is 0.336 e. The van der Waals surface area contributed by atoms with Crippen LogP contribution >= 0.6 is 23.4 Å². The second-order valence-electron chi connectivity index (χ2n) is 8.64. The molecule has 0 aromatic heterocycles. The minimum absolute atomic E-state index is 0.0110. The van der Waals surface area contributed by atoms with Crippen molar-refractivity contribution in [1.82, 2.24) is 5.32 Å². The molecule has 0 amide bonds. The second kappa shape index (κ2) is 11.4. The fourth-order valence-electron chi connectivity index (χ4n) is 4.94. The number of methoxy groups -OCH3 is 1. The summed E-state index contributed by atoms with van der Waals surface area (Å²) in [6.07, 6.45) is 0.998. The molecule has 2 aromatic carbocycles. The van der Waals surface area contributed by atoms with Gasteiger partial charge >= 0.3 is 5.97 Å². The number of ether oxygens (including phenoxy) is 2. The Kier molecular flexibility index (Phi) is 8.24. The Morgan fingerprint density at radius 3 is 2.60 bits per heavy atom. The first-order valence-corrected chi connectivity index (χ1v) is 13.3. The summed E-state index contributed by atoms with van der Waals surface area (Å²) in [6, 6.07) is 15.2. The van der Waals surface area contributed by atoms with Crippen LogP contribution < -0.4 is 10.1 Å². The van der Waals surface area contributed by atoms with Gasteiger partial charge in [-0.1, -0.05) is 48.9 Å². The van der Waals surface area contributed by atoms with E-state index in [1.807, 2.05) is 43.3 Å². The van der Waals surface area contributed by atoms with Crippen molar-refractivity contribution in [2.75, 3.05) is 25.2 Å². The largest absolute Gasteiger partial charge is 0.496 e. The van der Waals surface area contributed by atoms with Gasteiger partial charge in [-0.3, -0.25) is 4.79 Å². The van der Waals surface area contributed by atoms with E-state index < -0.39 is 11.9 Å². The summed E-state index contributed by atoms with van der Waals surface area (Å²) >= 11 is 7.87. The molecule has 1 aliphatic heterocycles. The normalized spacial score (nSPS) is 19.8. The van der Waals surface area contributed by atoms with Crippen LogP contribution in [0.3, 0.4) is 0 Å². The van der Waals surface area contributed by atoms with Crippen LogP contribution in [0.5, 0.6) is 5.75 Å². The molecule has 2 aliphatic rings. The van der Waals surface area contributed by atoms with Crippen LogP contribution in [-0.2, 0) is 14.3 Å². The molecule has 0 radical (unpaired) electrons. The van der Waals surface area contributed by atoms with E-state index in [9.17, 15) is 9.59 Å². The molecule has 2 atom stereocenters. The Labute approximate surface area is 215 Å². The molecule has 1 aliphatic carbocycles. The number of thioether (sulfide) groups is 1. The SMILES string of the molecule is CCSCCOC(=O)C1=C(C)NC2=C(C(=O)C[C@@H](c3ccccc3OC)C2)[C@H]1c1ccc(Cl)cc1. The number of rotatable bonds is 8. The third-order valence-corrected chi connectivity index (χ3v) is 7.61. The van der Waals surface area contributed by atoms with E-state index in [1.165, 1.54) is 0 Å². The zero-order chi connectivity index (χ0) is 24.9. The number of Topliss-reactive ketones (excluding diaryl/α,β-unsaturated/α-hetero) is 1. The number of halogens is 1. The van der Waals surface area contributed by atoms with Crippen molar-refractivity contribution in [3.63, 3.8) is 0 Å². The Balaban J connectivity index is 1.72. The fourth-order valence-corrected chi connectivity index (χ4v) is 5.55. The molecule has 35 heavy (non-hydrogen) atoms. The molecule has 0 bridgehead atoms. The van der Waals surface area contributed by atoms with Gasteiger partial charge in [-0.2, -0.15) is 11.8 Å². The van der Waals surface area contributed by atoms with Crippen LogP contribution in [-0.4, -0.2) is 37.0 Å². The molecular weight excluding hydrogens is 482 g/mol. The zero-order valence-corrected chi connectivity index (χ0v) is 21.8. The second-order valence-corrected chi connectivity index (χ2v) is 10.5. The lowest BCUT2D eigenvalue weighted by atomic mass is 9.71. The summed E-state index contributed by atoms with van der Waals surface area (Å²) in [5, 5.41) is 4.00. The molecule has 0 saturated heterocycles. The number of carbonyl (C=O) groups excluding carboxylic acids is 2. The highest BCUT2D eigenvalue weighted by atomic mass is 35.5. The number of nitrogens with one attached hydrogen (secondary N) is 1. The van der Waals surface area contributed by atoms with Crippen LogP contribution in [0.15, 0.2) is 71.1 Å². The Bertz CT molecular complexity index is 1170. The number of hydrogen-bond donors (Lipinski definition) is 1. The zero-order valence-electron chi connectivity index (χ0n) is 20.2. The molecule has 5 nitrogen and oxygen atoms in total. The number of carbonyl (C=O) groups is 2. The summed E-state index contributed by atoms with van der Waals surface area (Å²) < 4.78 is 11.2. The number of para-hydroxylation sites is 1. The lowest BCUT2D eigenvalue weighted by molar-refractivity contribution is -0.138. The lowest BCUT2D eigenvalue weighted by Crippen LogP contribution is -2.36. The topological polar surface area (TPSA) is 64.6 Å². The van der Waals surface area contributed by atoms with Gasteiger partial charge in [0.05, 0.1) is 12.7 Å². The first-order valence-electron chi connectivity index (χ1n) is 11.8. The van der Waals surface area contributed by atoms with Gasteiger partial charge in [0.1, 0.15) is 12.4 Å². The monoisotopic (exact) mass is 511 g/mol. The molecule has 0 saturated carbocycles. The van der Waals surface area contributed by atoms with Crippen molar-refractivity contribution < 1.29 is 19.1 Å². The molecule has 0 spiro atoms. The Hall–Kier alpha value is -2.70. The number of dihydropyridines is 1. The summed E-state index contributed by atoms with van der Waals surface area (Å²) in [6.45, 7) is 4.28. The third-order valence-electron chi connectivity index (χ3n) is 6.49. The molecule has 1 N–H and O–H groups in total. The average molecular weight is 512 g/mol. The number of esters is 1. The van der Waals surface area contributed by atoms with Crippen LogP contribution in [0.2, 0.25) is 5.02 Å². The van der Waals surface area contributed by atoms with Crippen LogP contribution in [0.1, 0.15) is 49.7 Å². The van der Waals surface area contributed by atoms with Crippen LogP contribution in [0, 0.1) is 0 Å². The van der Waals surface area contributed by atoms with Gasteiger partial charge in [-0.25, -0.2) is 4.79 Å². The summed E-state index contributed by atoms with van der Waals surface area (Å²) in [5.74, 6) is 1.60. The van der Waals surface area contributed by atoms with E-state index in [-0.39, 0.29) is 11.7 Å². The summed E-state index contributed by atoms with van der Waals surface area (Å²) in [5.41, 5.74) is 4.55. The molecule has 7 heteroatoms. The van der Waals surface area contributed by atoms with Crippen LogP contribution in [0.25, 0.3) is 0 Å². The van der Waals surface area contributed by atoms with Gasteiger partial charge in [-0.05, 0) is 48.4 Å². The standard InChI is InChI=1S/C28H30ClNO4S/c1-4-35-14-13-34-28(32)25-17(2)30-22-15-19(21-7-5-6-8-24(21)33-3)16-23(31)27(22)26(25)18-9-11-20(29)12-10-18/h5-12,19,26,30H,4,13-16H2,1-3H3/t19-,26-/m0/s1.